The highest BCUT2D eigenvalue weighted by atomic mass is 16.5. The van der Waals surface area contributed by atoms with Crippen LogP contribution in [-0.2, 0) is 17.6 Å². The van der Waals surface area contributed by atoms with Crippen molar-refractivity contribution in [1.82, 2.24) is 5.32 Å². The maximum atomic E-state index is 15.7. The van der Waals surface area contributed by atoms with Gasteiger partial charge in [-0.25, -0.2) is 0 Å². The number of anilines is 1. The third-order valence-electron chi connectivity index (χ3n) is 13.7. The zero-order valence-electron chi connectivity index (χ0n) is 32.8. The molecule has 2 heterocycles. The molecule has 7 N–H and O–H groups in total. The standard InChI is InChI=1S/C47H54N2O8/c1-56-41-22-28(6-14-37(41)51)7-15-38(52)44-39(53)24-29(31-25-40(54)45(55)42(26-31)57-2)8-11-35-34-12-10-33(50)23-30(34)9-13-36(35)49-43-27-32(16-21-48-43)47(44)20-5-19-46(47)17-3-4-18-46/h6,9-10,12-14,16,22-23,25-27,29,38,44,48-52,54-55H,3-5,7-8,11,15,17-21,24H2,1-2H3. The average Bonchev–Trinajstić information content (AvgIpc) is 3.84. The molecule has 8 rings (SSSR count). The number of phenolic OH excluding ortho intramolecular Hbond substituents is 4. The Labute approximate surface area is 333 Å². The number of benzene rings is 4. The Bertz CT molecular complexity index is 2230. The van der Waals surface area contributed by atoms with E-state index in [1.54, 1.807) is 30.3 Å². The van der Waals surface area contributed by atoms with Crippen LogP contribution in [0.15, 0.2) is 84.2 Å². The van der Waals surface area contributed by atoms with Crippen LogP contribution < -0.4 is 20.1 Å². The summed E-state index contributed by atoms with van der Waals surface area (Å²) in [7, 11) is 2.95. The lowest BCUT2D eigenvalue weighted by Gasteiger charge is -2.52. The fraction of sp³-hybridized carbons (Fsp3) is 0.426. The highest BCUT2D eigenvalue weighted by molar-refractivity contribution is 5.91. The van der Waals surface area contributed by atoms with Crippen LogP contribution in [0.3, 0.4) is 0 Å². The maximum Gasteiger partial charge on any atom is 0.200 e. The van der Waals surface area contributed by atoms with E-state index in [-0.39, 0.29) is 46.4 Å². The van der Waals surface area contributed by atoms with Crippen molar-refractivity contribution in [3.8, 4) is 34.5 Å². The Morgan fingerprint density at radius 2 is 1.65 bits per heavy atom. The first-order valence-corrected chi connectivity index (χ1v) is 20.4. The molecule has 2 aliphatic heterocycles. The number of hydrogen-bond acceptors (Lipinski definition) is 10. The van der Waals surface area contributed by atoms with Crippen LogP contribution in [0.1, 0.15) is 86.8 Å². The van der Waals surface area contributed by atoms with Crippen molar-refractivity contribution in [2.75, 3.05) is 26.1 Å². The summed E-state index contributed by atoms with van der Waals surface area (Å²) >= 11 is 0. The van der Waals surface area contributed by atoms with E-state index in [0.29, 0.717) is 43.5 Å². The van der Waals surface area contributed by atoms with Crippen LogP contribution in [0.4, 0.5) is 5.69 Å². The van der Waals surface area contributed by atoms with Gasteiger partial charge in [-0.05, 0) is 144 Å². The number of fused-ring (bicyclic) bond motifs is 6. The van der Waals surface area contributed by atoms with E-state index in [9.17, 15) is 25.5 Å². The number of rotatable bonds is 7. The van der Waals surface area contributed by atoms with Gasteiger partial charge in [-0.15, -0.1) is 0 Å². The Morgan fingerprint density at radius 3 is 2.44 bits per heavy atom. The molecule has 4 unspecified atom stereocenters. The smallest absolute Gasteiger partial charge is 0.200 e. The number of ether oxygens (including phenoxy) is 2. The number of carbonyl (C=O) groups is 1. The molecule has 0 saturated heterocycles. The van der Waals surface area contributed by atoms with Gasteiger partial charge in [0.25, 0.3) is 0 Å². The van der Waals surface area contributed by atoms with Crippen molar-refractivity contribution in [3.05, 3.63) is 101 Å². The Hall–Kier alpha value is -5.35. The second-order valence-electron chi connectivity index (χ2n) is 16.6. The number of allylic oxidation sites excluding steroid dienone is 2. The topological polar surface area (TPSA) is 161 Å². The molecule has 2 aliphatic carbocycles. The van der Waals surface area contributed by atoms with Crippen LogP contribution in [0.2, 0.25) is 0 Å². The molecule has 10 heteroatoms. The molecule has 4 aliphatic rings. The third-order valence-corrected chi connectivity index (χ3v) is 13.7. The van der Waals surface area contributed by atoms with Gasteiger partial charge in [-0.1, -0.05) is 43.5 Å². The molecular weight excluding hydrogens is 721 g/mol. The van der Waals surface area contributed by atoms with E-state index in [4.69, 9.17) is 9.47 Å². The number of aryl methyl sites for hydroxylation is 2. The molecular formula is C47H54N2O8. The first kappa shape index (κ1) is 38.5. The lowest BCUT2D eigenvalue weighted by atomic mass is 9.51. The number of methoxy groups -OCH3 is 2. The van der Waals surface area contributed by atoms with Crippen LogP contribution in [0.5, 0.6) is 34.5 Å². The lowest BCUT2D eigenvalue weighted by Crippen LogP contribution is -2.52. The largest absolute Gasteiger partial charge is 0.508 e. The molecule has 300 valence electrons. The van der Waals surface area contributed by atoms with E-state index in [1.807, 2.05) is 24.3 Å². The van der Waals surface area contributed by atoms with Crippen LogP contribution in [0.25, 0.3) is 10.8 Å². The normalized spacial score (nSPS) is 23.7. The fourth-order valence-corrected chi connectivity index (χ4v) is 11.2. The van der Waals surface area contributed by atoms with Gasteiger partial charge in [0.05, 0.1) is 26.2 Å². The second-order valence-corrected chi connectivity index (χ2v) is 16.6. The summed E-state index contributed by atoms with van der Waals surface area (Å²) in [5.74, 6) is -0.268. The molecule has 57 heavy (non-hydrogen) atoms. The summed E-state index contributed by atoms with van der Waals surface area (Å²) in [6.07, 6.45) is 12.3. The van der Waals surface area contributed by atoms with Crippen molar-refractivity contribution in [2.24, 2.45) is 16.7 Å². The van der Waals surface area contributed by atoms with Crippen molar-refractivity contribution < 1.29 is 39.8 Å². The first-order chi connectivity index (χ1) is 27.6. The van der Waals surface area contributed by atoms with Gasteiger partial charge >= 0.3 is 0 Å². The van der Waals surface area contributed by atoms with Crippen molar-refractivity contribution in [1.29, 1.82) is 0 Å². The molecule has 0 aromatic heterocycles. The zero-order valence-corrected chi connectivity index (χ0v) is 32.8. The number of nitrogens with one attached hydrogen (secondary N) is 2. The van der Waals surface area contributed by atoms with Gasteiger partial charge in [0.2, 0.25) is 5.75 Å². The molecule has 4 atom stereocenters. The maximum absolute atomic E-state index is 15.7. The number of aliphatic hydroxyl groups excluding tert-OH is 1. The summed E-state index contributed by atoms with van der Waals surface area (Å²) in [5.41, 5.74) is 3.82. The van der Waals surface area contributed by atoms with Gasteiger partial charge in [0.1, 0.15) is 17.4 Å². The SMILES string of the molecule is COc1cc(CCC(O)C2C(=O)CC(c3cc(O)c(O)c(OC)c3)CCc3c(ccc4cc(O)ccc34)NC3=CC(=CCN3)C23CCCC32CCCC2)ccc1O. The summed E-state index contributed by atoms with van der Waals surface area (Å²) in [6, 6.07) is 17.9. The van der Waals surface area contributed by atoms with Crippen LogP contribution in [0, 0.1) is 16.7 Å². The molecule has 2 fully saturated rings. The van der Waals surface area contributed by atoms with Gasteiger partial charge in [0.15, 0.2) is 23.0 Å². The summed E-state index contributed by atoms with van der Waals surface area (Å²) in [6.45, 7) is 0.572. The Kier molecular flexibility index (Phi) is 10.5. The van der Waals surface area contributed by atoms with Gasteiger partial charge in [0, 0.05) is 24.1 Å². The molecule has 2 bridgehead atoms. The lowest BCUT2D eigenvalue weighted by molar-refractivity contribution is -0.137. The monoisotopic (exact) mass is 774 g/mol. The number of aromatic hydroxyl groups is 4. The average molecular weight is 775 g/mol. The number of carbonyl (C=O) groups excluding carboxylic acids is 1. The molecule has 0 radical (unpaired) electrons. The number of Topliss-reactive ketones (excluding diaryl/α,β-unsaturated/α-hetero) is 1. The van der Waals surface area contributed by atoms with Crippen molar-refractivity contribution >= 4 is 22.2 Å². The van der Waals surface area contributed by atoms with E-state index in [1.165, 1.54) is 20.3 Å². The highest BCUT2D eigenvalue weighted by Gasteiger charge is 2.63. The first-order valence-electron chi connectivity index (χ1n) is 20.4. The van der Waals surface area contributed by atoms with Gasteiger partial charge in [-0.2, -0.15) is 0 Å². The van der Waals surface area contributed by atoms with E-state index < -0.39 is 23.4 Å². The minimum atomic E-state index is -0.976. The Morgan fingerprint density at radius 1 is 0.860 bits per heavy atom. The van der Waals surface area contributed by atoms with Crippen molar-refractivity contribution in [2.45, 2.75) is 89.1 Å². The van der Waals surface area contributed by atoms with E-state index in [0.717, 1.165) is 83.9 Å². The highest BCUT2D eigenvalue weighted by Crippen LogP contribution is 2.69. The fourth-order valence-electron chi connectivity index (χ4n) is 11.2. The van der Waals surface area contributed by atoms with Crippen molar-refractivity contribution in [3.63, 3.8) is 0 Å². The number of dihydropyridines is 1. The molecule has 2 spiro atoms. The van der Waals surface area contributed by atoms with Gasteiger partial charge in [-0.3, -0.25) is 4.79 Å². The van der Waals surface area contributed by atoms with E-state index >= 15 is 4.79 Å². The molecule has 10 nitrogen and oxygen atoms in total. The molecule has 2 saturated carbocycles. The molecule has 4 aromatic carbocycles. The predicted octanol–water partition coefficient (Wildman–Crippen LogP) is 8.49. The number of phenols is 4. The van der Waals surface area contributed by atoms with Gasteiger partial charge < -0.3 is 45.6 Å². The summed E-state index contributed by atoms with van der Waals surface area (Å²) in [4.78, 5) is 15.7. The minimum absolute atomic E-state index is 0.0138. The summed E-state index contributed by atoms with van der Waals surface area (Å²) in [5, 5.41) is 64.1. The van der Waals surface area contributed by atoms with E-state index in [2.05, 4.69) is 22.8 Å². The van der Waals surface area contributed by atoms with Crippen LogP contribution >= 0.6 is 0 Å². The minimum Gasteiger partial charge on any atom is -0.508 e. The quantitative estimate of drug-likeness (QED) is 0.0908. The molecule has 4 aromatic rings. The number of ketones is 1. The zero-order chi connectivity index (χ0) is 39.9. The number of aliphatic hydroxyl groups is 1. The Balaban J connectivity index is 1.30. The third kappa shape index (κ3) is 6.92. The molecule has 0 amide bonds. The second kappa shape index (κ2) is 15.5. The summed E-state index contributed by atoms with van der Waals surface area (Å²) < 4.78 is 10.9. The predicted molar refractivity (Wildman–Crippen MR) is 220 cm³/mol. The van der Waals surface area contributed by atoms with Crippen LogP contribution in [-0.4, -0.2) is 58.2 Å². The number of hydrogen-bond donors (Lipinski definition) is 7.